The number of carbonyl (C=O) groups is 1. The fourth-order valence-corrected chi connectivity index (χ4v) is 3.66. The zero-order valence-corrected chi connectivity index (χ0v) is 18.2. The predicted octanol–water partition coefficient (Wildman–Crippen LogP) is 6.83. The van der Waals surface area contributed by atoms with E-state index in [1.54, 1.807) is 6.08 Å². The van der Waals surface area contributed by atoms with E-state index in [0.29, 0.717) is 12.5 Å². The Morgan fingerprint density at radius 1 is 1.08 bits per heavy atom. The first-order valence-corrected chi connectivity index (χ1v) is 12.6. The molecule has 1 atom stereocenters. The molecule has 0 spiro atoms. The molecule has 0 aliphatic rings. The molecule has 0 saturated heterocycles. The first-order chi connectivity index (χ1) is 11.1. The molecule has 0 amide bonds. The van der Waals surface area contributed by atoms with E-state index in [1.165, 1.54) is 12.8 Å². The van der Waals surface area contributed by atoms with E-state index in [9.17, 15) is 4.79 Å². The molecular weight excluding hydrogens is 312 g/mol. The van der Waals surface area contributed by atoms with Crippen LogP contribution >= 0.6 is 0 Å². The van der Waals surface area contributed by atoms with Gasteiger partial charge in [-0.1, -0.05) is 65.7 Å². The van der Waals surface area contributed by atoms with Gasteiger partial charge in [0.2, 0.25) is 0 Å². The smallest absolute Gasteiger partial charge is 0.192 e. The molecule has 0 aromatic rings. The van der Waals surface area contributed by atoms with E-state index >= 15 is 0 Å². The second-order valence-corrected chi connectivity index (χ2v) is 13.0. The lowest BCUT2D eigenvalue weighted by Crippen LogP contribution is -2.43. The van der Waals surface area contributed by atoms with E-state index in [4.69, 9.17) is 4.43 Å². The maximum absolute atomic E-state index is 11.4. The van der Waals surface area contributed by atoms with Gasteiger partial charge in [0.1, 0.15) is 0 Å². The molecule has 140 valence electrons. The Morgan fingerprint density at radius 3 is 2.29 bits per heavy atom. The van der Waals surface area contributed by atoms with Crippen LogP contribution in [0.1, 0.15) is 79.6 Å². The van der Waals surface area contributed by atoms with Crippen LogP contribution in [0.2, 0.25) is 18.1 Å². The first-order valence-electron chi connectivity index (χ1n) is 9.68. The molecule has 1 unspecified atom stereocenters. The summed E-state index contributed by atoms with van der Waals surface area (Å²) in [4.78, 5) is 11.4. The molecule has 0 radical (unpaired) electrons. The van der Waals surface area contributed by atoms with Gasteiger partial charge in [0.15, 0.2) is 14.1 Å². The Bertz CT molecular complexity index is 403. The van der Waals surface area contributed by atoms with Crippen LogP contribution in [0.5, 0.6) is 0 Å². The van der Waals surface area contributed by atoms with Crippen LogP contribution in [0.25, 0.3) is 0 Å². The summed E-state index contributed by atoms with van der Waals surface area (Å²) >= 11 is 0. The Balaban J connectivity index is 4.46. The lowest BCUT2D eigenvalue weighted by molar-refractivity contribution is -0.114. The summed E-state index contributed by atoms with van der Waals surface area (Å²) in [6.45, 7) is 15.8. The van der Waals surface area contributed by atoms with Crippen LogP contribution in [0, 0.1) is 0 Å². The summed E-state index contributed by atoms with van der Waals surface area (Å²) in [7, 11) is -1.70. The third-order valence-corrected chi connectivity index (χ3v) is 9.36. The van der Waals surface area contributed by atoms with Gasteiger partial charge in [0.25, 0.3) is 0 Å². The van der Waals surface area contributed by atoms with Gasteiger partial charge in [-0.25, -0.2) is 0 Å². The van der Waals surface area contributed by atoms with Gasteiger partial charge in [-0.15, -0.1) is 0 Å². The summed E-state index contributed by atoms with van der Waals surface area (Å²) in [6.07, 6.45) is 15.3. The molecule has 0 saturated carbocycles. The number of rotatable bonds is 12. The maximum atomic E-state index is 11.4. The fraction of sp³-hybridized carbons (Fsp3) is 0.762. The van der Waals surface area contributed by atoms with Crippen molar-refractivity contribution in [3.63, 3.8) is 0 Å². The summed E-state index contributed by atoms with van der Waals surface area (Å²) in [5, 5.41) is 0.260. The van der Waals surface area contributed by atoms with Crippen LogP contribution in [-0.4, -0.2) is 20.2 Å². The minimum Gasteiger partial charge on any atom is -0.414 e. The van der Waals surface area contributed by atoms with Crippen LogP contribution < -0.4 is 0 Å². The number of allylic oxidation sites excluding steroid dienone is 4. The summed E-state index contributed by atoms with van der Waals surface area (Å²) in [5.74, 6) is 0.212. The second-order valence-electron chi connectivity index (χ2n) is 8.22. The van der Waals surface area contributed by atoms with E-state index < -0.39 is 8.32 Å². The number of hydrogen-bond donors (Lipinski definition) is 0. The highest BCUT2D eigenvalue weighted by Crippen LogP contribution is 2.38. The van der Waals surface area contributed by atoms with E-state index in [0.717, 1.165) is 25.7 Å². The third kappa shape index (κ3) is 10.2. The zero-order chi connectivity index (χ0) is 18.6. The van der Waals surface area contributed by atoms with Crippen molar-refractivity contribution in [1.82, 2.24) is 0 Å². The minimum absolute atomic E-state index is 0.212. The molecule has 2 nitrogen and oxygen atoms in total. The maximum Gasteiger partial charge on any atom is 0.192 e. The monoisotopic (exact) mass is 352 g/mol. The van der Waals surface area contributed by atoms with Crippen molar-refractivity contribution in [3.8, 4) is 0 Å². The summed E-state index contributed by atoms with van der Waals surface area (Å²) in [5.41, 5.74) is 0. The molecule has 24 heavy (non-hydrogen) atoms. The normalized spacial score (nSPS) is 14.6. The number of ketones is 1. The highest BCUT2D eigenvalue weighted by molar-refractivity contribution is 6.74. The van der Waals surface area contributed by atoms with Crippen molar-refractivity contribution < 1.29 is 9.22 Å². The van der Waals surface area contributed by atoms with Crippen LogP contribution in [0.3, 0.4) is 0 Å². The molecule has 0 fully saturated rings. The van der Waals surface area contributed by atoms with Crippen molar-refractivity contribution in [1.29, 1.82) is 0 Å². The quantitative estimate of drug-likeness (QED) is 0.218. The summed E-state index contributed by atoms with van der Waals surface area (Å²) < 4.78 is 6.61. The minimum atomic E-state index is -1.70. The van der Waals surface area contributed by atoms with Crippen LogP contribution in [-0.2, 0) is 9.22 Å². The van der Waals surface area contributed by atoms with Gasteiger partial charge in [0.05, 0.1) is 0 Å². The lowest BCUT2D eigenvalue weighted by Gasteiger charge is -2.39. The topological polar surface area (TPSA) is 26.3 Å². The Hall–Kier alpha value is -0.673. The molecule has 0 bridgehead atoms. The molecule has 0 aliphatic carbocycles. The fourth-order valence-electron chi connectivity index (χ4n) is 2.24. The zero-order valence-electron chi connectivity index (χ0n) is 17.2. The number of carbonyl (C=O) groups excluding carboxylic acids is 1. The van der Waals surface area contributed by atoms with E-state index in [2.05, 4.69) is 46.9 Å². The van der Waals surface area contributed by atoms with Crippen molar-refractivity contribution in [2.75, 3.05) is 0 Å². The Morgan fingerprint density at radius 2 is 1.75 bits per heavy atom. The first kappa shape index (κ1) is 23.3. The predicted molar refractivity (Wildman–Crippen MR) is 109 cm³/mol. The molecule has 0 rings (SSSR count). The molecule has 0 N–H and O–H groups in total. The number of hydrogen-bond acceptors (Lipinski definition) is 2. The second kappa shape index (κ2) is 11.8. The molecule has 0 aromatic carbocycles. The third-order valence-electron chi connectivity index (χ3n) is 4.83. The Kier molecular flexibility index (Phi) is 11.5. The molecule has 0 heterocycles. The standard InChI is InChI=1S/C21H40O2Si/c1-8-10-17-20(23-24(6,7)21(3,4)5)18-14-12-11-13-16-19(22)15-9-2/h11-13,16,20H,8-10,14-15,17-18H2,1-7H3/b12-11+,16-13+. The van der Waals surface area contributed by atoms with Gasteiger partial charge >= 0.3 is 0 Å². The van der Waals surface area contributed by atoms with Gasteiger partial charge in [-0.05, 0) is 49.9 Å². The van der Waals surface area contributed by atoms with Gasteiger partial charge in [-0.2, -0.15) is 0 Å². The van der Waals surface area contributed by atoms with Crippen molar-refractivity contribution in [2.45, 2.75) is 104 Å². The largest absolute Gasteiger partial charge is 0.414 e. The molecular formula is C21H40O2Si. The molecule has 0 aliphatic heterocycles. The number of unbranched alkanes of at least 4 members (excludes halogenated alkanes) is 1. The highest BCUT2D eigenvalue weighted by atomic mass is 28.4. The molecule has 3 heteroatoms. The van der Waals surface area contributed by atoms with Gasteiger partial charge < -0.3 is 4.43 Å². The van der Waals surface area contributed by atoms with E-state index in [-0.39, 0.29) is 10.8 Å². The average Bonchev–Trinajstić information content (AvgIpc) is 2.46. The van der Waals surface area contributed by atoms with Crippen LogP contribution in [0.4, 0.5) is 0 Å². The molecule has 0 aromatic heterocycles. The lowest BCUT2D eigenvalue weighted by atomic mass is 10.1. The van der Waals surface area contributed by atoms with Gasteiger partial charge in [0, 0.05) is 12.5 Å². The van der Waals surface area contributed by atoms with Crippen molar-refractivity contribution in [3.05, 3.63) is 24.3 Å². The highest BCUT2D eigenvalue weighted by Gasteiger charge is 2.38. The summed E-state index contributed by atoms with van der Waals surface area (Å²) in [6, 6.07) is 0. The van der Waals surface area contributed by atoms with Crippen molar-refractivity contribution >= 4 is 14.1 Å². The van der Waals surface area contributed by atoms with Crippen molar-refractivity contribution in [2.24, 2.45) is 0 Å². The Labute approximate surface area is 151 Å². The van der Waals surface area contributed by atoms with Gasteiger partial charge in [-0.3, -0.25) is 4.79 Å². The SMILES string of the molecule is CCCCC(CC/C=C/C=C/C(=O)CCC)O[Si](C)(C)C(C)(C)C. The van der Waals surface area contributed by atoms with Crippen LogP contribution in [0.15, 0.2) is 24.3 Å². The average molecular weight is 353 g/mol. The van der Waals surface area contributed by atoms with E-state index in [1.807, 2.05) is 19.1 Å².